The average Bonchev–Trinajstić information content (AvgIpc) is 2.45. The van der Waals surface area contributed by atoms with E-state index in [9.17, 15) is 18.1 Å². The summed E-state index contributed by atoms with van der Waals surface area (Å²) in [5.41, 5.74) is 0. The van der Waals surface area contributed by atoms with Gasteiger partial charge in [-0.3, -0.25) is 0 Å². The molecule has 134 valence electrons. The van der Waals surface area contributed by atoms with E-state index in [1.165, 1.54) is 19.3 Å². The van der Waals surface area contributed by atoms with Crippen LogP contribution < -0.4 is 51.4 Å². The number of aliphatic hydroxyl groups excluding tert-OH is 1. The smallest absolute Gasteiger partial charge is 0.748 e. The average molecular weight is 375 g/mol. The van der Waals surface area contributed by atoms with Crippen LogP contribution in [-0.2, 0) is 10.1 Å². The minimum Gasteiger partial charge on any atom is -0.748 e. The fourth-order valence-electron chi connectivity index (χ4n) is 2.79. The Kier molecular flexibility index (Phi) is 19.7. The zero-order chi connectivity index (χ0) is 16.8. The Balaban J connectivity index is 0. The van der Waals surface area contributed by atoms with Crippen molar-refractivity contribution in [1.29, 1.82) is 0 Å². The van der Waals surface area contributed by atoms with Gasteiger partial charge in [-0.15, -0.1) is 0 Å². The summed E-state index contributed by atoms with van der Waals surface area (Å²) in [6.07, 6.45) is 12.3. The van der Waals surface area contributed by atoms with Crippen LogP contribution in [0.15, 0.2) is 0 Å². The van der Waals surface area contributed by atoms with Crippen molar-refractivity contribution in [1.82, 2.24) is 0 Å². The van der Waals surface area contributed by atoms with Gasteiger partial charge >= 0.3 is 51.4 Å². The summed E-state index contributed by atoms with van der Waals surface area (Å²) in [4.78, 5) is 0. The molecule has 1 N–H and O–H groups in total. The molecule has 0 spiro atoms. The Morgan fingerprint density at radius 3 is 1.70 bits per heavy atom. The van der Waals surface area contributed by atoms with E-state index in [0.29, 0.717) is 12.8 Å². The summed E-state index contributed by atoms with van der Waals surface area (Å²) in [6.45, 7) is 3.94. The second-order valence-electron chi connectivity index (χ2n) is 6.37. The zero-order valence-corrected chi connectivity index (χ0v) is 19.4. The number of unbranched alkanes of at least 4 members (excludes halogenated alkanes) is 7. The zero-order valence-electron chi connectivity index (χ0n) is 15.4. The van der Waals surface area contributed by atoms with E-state index in [1.54, 1.807) is 6.92 Å². The molecule has 0 rings (SSSR count). The predicted octanol–water partition coefficient (Wildman–Crippen LogP) is 1.38. The van der Waals surface area contributed by atoms with Crippen LogP contribution in [0.4, 0.5) is 0 Å². The first-order valence-electron chi connectivity index (χ1n) is 9.04. The van der Waals surface area contributed by atoms with Crippen LogP contribution in [-0.4, -0.2) is 29.4 Å². The van der Waals surface area contributed by atoms with Crippen molar-refractivity contribution in [3.63, 3.8) is 0 Å². The molecule has 0 radical (unpaired) electrons. The van der Waals surface area contributed by atoms with E-state index in [4.69, 9.17) is 0 Å². The summed E-state index contributed by atoms with van der Waals surface area (Å²) in [5, 5.41) is 9.13. The summed E-state index contributed by atoms with van der Waals surface area (Å²) >= 11 is 0. The second-order valence-corrected chi connectivity index (χ2v) is 8.02. The number of rotatable bonds is 15. The molecule has 0 heterocycles. The van der Waals surface area contributed by atoms with E-state index in [1.807, 2.05) is 0 Å². The molecule has 0 aromatic heterocycles. The first-order valence-corrected chi connectivity index (χ1v) is 10.5. The SMILES string of the molecule is CCCCCCC(O)CCCCCCCC(CC)S(=O)(=O)[O-].[K+]. The van der Waals surface area contributed by atoms with Crippen molar-refractivity contribution in [2.45, 2.75) is 109 Å². The van der Waals surface area contributed by atoms with Gasteiger partial charge in [-0.2, -0.15) is 0 Å². The minimum atomic E-state index is -4.12. The Morgan fingerprint density at radius 1 is 0.826 bits per heavy atom. The van der Waals surface area contributed by atoms with Gasteiger partial charge in [0.25, 0.3) is 0 Å². The van der Waals surface area contributed by atoms with Crippen molar-refractivity contribution in [2.24, 2.45) is 0 Å². The first kappa shape index (κ1) is 26.7. The van der Waals surface area contributed by atoms with Crippen LogP contribution in [0, 0.1) is 0 Å². The third kappa shape index (κ3) is 16.7. The van der Waals surface area contributed by atoms with Crippen LogP contribution in [0.1, 0.15) is 97.3 Å². The Hall–Kier alpha value is 1.51. The Labute approximate surface area is 186 Å². The maximum atomic E-state index is 10.9. The second kappa shape index (κ2) is 16.9. The topological polar surface area (TPSA) is 77.4 Å². The molecule has 0 bridgehead atoms. The van der Waals surface area contributed by atoms with Crippen LogP contribution >= 0.6 is 0 Å². The predicted molar refractivity (Wildman–Crippen MR) is 90.9 cm³/mol. The Bertz CT molecular complexity index is 347. The fourth-order valence-corrected chi connectivity index (χ4v) is 3.65. The molecule has 0 saturated carbocycles. The molecule has 0 aromatic carbocycles. The normalized spacial score (nSPS) is 14.3. The molecule has 0 aliphatic rings. The maximum absolute atomic E-state index is 10.9. The van der Waals surface area contributed by atoms with E-state index in [2.05, 4.69) is 6.92 Å². The van der Waals surface area contributed by atoms with Crippen molar-refractivity contribution in [3.05, 3.63) is 0 Å². The van der Waals surface area contributed by atoms with Crippen molar-refractivity contribution >= 4 is 10.1 Å². The molecule has 0 aliphatic carbocycles. The molecule has 0 amide bonds. The molecule has 0 aromatic rings. The van der Waals surface area contributed by atoms with E-state index >= 15 is 0 Å². The summed E-state index contributed by atoms with van der Waals surface area (Å²) in [5.74, 6) is 0. The third-order valence-corrected chi connectivity index (χ3v) is 5.70. The van der Waals surface area contributed by atoms with Gasteiger partial charge in [0.1, 0.15) is 0 Å². The molecule has 0 saturated heterocycles. The molecule has 0 aliphatic heterocycles. The molecule has 23 heavy (non-hydrogen) atoms. The fraction of sp³-hybridized carbons (Fsp3) is 1.00. The number of aliphatic hydroxyl groups is 1. The third-order valence-electron chi connectivity index (χ3n) is 4.32. The monoisotopic (exact) mass is 374 g/mol. The van der Waals surface area contributed by atoms with Crippen molar-refractivity contribution < 1.29 is 69.5 Å². The molecule has 4 nitrogen and oxygen atoms in total. The van der Waals surface area contributed by atoms with Crippen LogP contribution in [0.3, 0.4) is 0 Å². The standard InChI is InChI=1S/C17H36O4S.K/c1-3-5-6-10-13-16(18)14-11-8-7-9-12-15-17(4-2)22(19,20)21;/h16-18H,3-15H2,1-2H3,(H,19,20,21);/q;+1/p-1. The summed E-state index contributed by atoms with van der Waals surface area (Å²) < 4.78 is 32.8. The van der Waals surface area contributed by atoms with Gasteiger partial charge in [-0.1, -0.05) is 71.6 Å². The van der Waals surface area contributed by atoms with E-state index in [0.717, 1.165) is 51.4 Å². The minimum absolute atomic E-state index is 0. The van der Waals surface area contributed by atoms with Crippen molar-refractivity contribution in [2.75, 3.05) is 0 Å². The largest absolute Gasteiger partial charge is 1.00 e. The number of hydrogen-bond acceptors (Lipinski definition) is 4. The first-order chi connectivity index (χ1) is 10.4. The summed E-state index contributed by atoms with van der Waals surface area (Å²) in [6, 6.07) is 0. The van der Waals surface area contributed by atoms with Gasteiger partial charge in [0, 0.05) is 5.25 Å². The van der Waals surface area contributed by atoms with Gasteiger partial charge in [-0.25, -0.2) is 8.42 Å². The molecule has 2 unspecified atom stereocenters. The molecule has 6 heteroatoms. The van der Waals surface area contributed by atoms with Gasteiger partial charge in [0.15, 0.2) is 0 Å². The van der Waals surface area contributed by atoms with Gasteiger partial charge in [0.2, 0.25) is 0 Å². The van der Waals surface area contributed by atoms with Crippen molar-refractivity contribution in [3.8, 4) is 0 Å². The summed E-state index contributed by atoms with van der Waals surface area (Å²) in [7, 11) is -4.12. The van der Waals surface area contributed by atoms with Crippen LogP contribution in [0.25, 0.3) is 0 Å². The quantitative estimate of drug-likeness (QED) is 0.267. The van der Waals surface area contributed by atoms with Gasteiger partial charge in [0.05, 0.1) is 16.2 Å². The molecular formula is C17H35KO4S. The van der Waals surface area contributed by atoms with E-state index < -0.39 is 15.4 Å². The molecule has 2 atom stereocenters. The number of hydrogen-bond donors (Lipinski definition) is 1. The molecule has 0 fully saturated rings. The maximum Gasteiger partial charge on any atom is 1.00 e. The van der Waals surface area contributed by atoms with Crippen LogP contribution in [0.5, 0.6) is 0 Å². The van der Waals surface area contributed by atoms with E-state index in [-0.39, 0.29) is 57.5 Å². The van der Waals surface area contributed by atoms with Gasteiger partial charge in [-0.05, 0) is 25.7 Å². The van der Waals surface area contributed by atoms with Crippen LogP contribution in [0.2, 0.25) is 0 Å². The van der Waals surface area contributed by atoms with Gasteiger partial charge < -0.3 is 9.66 Å². The molecular weight excluding hydrogens is 339 g/mol. The Morgan fingerprint density at radius 2 is 1.26 bits per heavy atom.